The van der Waals surface area contributed by atoms with E-state index in [9.17, 15) is 55.6 Å². The Morgan fingerprint density at radius 3 is 1.00 bits per heavy atom. The largest absolute Gasteiger partial charge is 0.489 e. The van der Waals surface area contributed by atoms with E-state index in [2.05, 4.69) is 78.8 Å². The SMILES string of the molecule is C=C1CCC(N2Cc3c(OCc4ccc(CC)cc4)cccc3C2=O)C(=O)N1.C=C1CCC(N2Cc3c(OCc4ccc(F)c(F)c4)cccc3C2=O)C(=O)N1.C=C1CCC(N2Cc3c(OCc4ccc(S(=O)(=O)N(C)C)cc4)cccc3C2=O)C(=O)N1.C=C1CCC(N2Cc3c(OCc4cccc(N)c4)cccc3C2=O)C(=O)N1. The molecular formula is C88H88F2N10O14S. The van der Waals surface area contributed by atoms with Gasteiger partial charge in [0, 0.05) is 87.1 Å². The normalized spacial score (nSPS) is 18.8. The van der Waals surface area contributed by atoms with Crippen LogP contribution >= 0.6 is 0 Å². The van der Waals surface area contributed by atoms with Crippen molar-refractivity contribution < 1.29 is 74.5 Å². The molecule has 4 unspecified atom stereocenters. The predicted molar refractivity (Wildman–Crippen MR) is 424 cm³/mol. The maximum Gasteiger partial charge on any atom is 0.255 e. The summed E-state index contributed by atoms with van der Waals surface area (Å²) >= 11 is 0. The number of hydrogen-bond acceptors (Lipinski definition) is 15. The Bertz CT molecular complexity index is 5360. The summed E-state index contributed by atoms with van der Waals surface area (Å²) in [7, 11) is -0.516. The van der Waals surface area contributed by atoms with E-state index in [1.54, 1.807) is 93.6 Å². The fourth-order valence-corrected chi connectivity index (χ4v) is 15.8. The van der Waals surface area contributed by atoms with Gasteiger partial charge in [-0.3, -0.25) is 38.4 Å². The average molecular weight is 1580 g/mol. The first-order chi connectivity index (χ1) is 55.2. The molecule has 0 saturated carbocycles. The minimum atomic E-state index is -3.49. The molecular weight excluding hydrogens is 1490 g/mol. The number of ether oxygens (including phenoxy) is 4. The Hall–Kier alpha value is -12.8. The van der Waals surface area contributed by atoms with E-state index in [-0.39, 0.29) is 71.9 Å². The molecule has 8 heterocycles. The number of anilines is 1. The van der Waals surface area contributed by atoms with Crippen LogP contribution < -0.4 is 45.9 Å². The van der Waals surface area contributed by atoms with Gasteiger partial charge in [-0.05, 0) is 171 Å². The number of sulfonamides is 1. The molecule has 4 atom stereocenters. The highest BCUT2D eigenvalue weighted by atomic mass is 32.2. The van der Waals surface area contributed by atoms with Crippen LogP contribution in [0, 0.1) is 11.6 Å². The number of aryl methyl sites for hydroxylation is 1. The standard InChI is InChI=1S/C23H25N3O5S.C23H24N2O3.C21H18F2N2O3.C21H21N3O3/c1-15-7-12-20(22(27)24-15)26-13-19-18(23(26)28)5-4-6-21(19)31-14-16-8-10-17(11-9-16)32(29,30)25(2)3;1-3-16-8-10-17(11-9-16)14-28-21-6-4-5-18-19(21)13-25(23(18)27)20-12-7-15(2)24-22(20)26;1-12-5-8-18(20(26)24-12)25-10-15-14(21(25)27)3-2-4-19(15)28-11-13-6-7-16(22)17(23)9-13;1-13-8-9-18(20(25)23-13)24-11-17-16(21(24)26)6-3-7-19(17)27-12-14-4-2-5-15(22)10-14/h4-6,8-11,20H,1,7,12-14H2,2-3H3,(H,24,27);4-6,8-11,20H,2-3,7,12-14H2,1H3,(H,24,26);2-4,6-7,9,18H,1,5,8,10-11H2,(H,24,26);2-7,10,18H,1,8-9,11-12,22H2,(H,23,25). The maximum absolute atomic E-state index is 13.4. The van der Waals surface area contributed by atoms with Crippen LogP contribution in [0.1, 0.15) is 150 Å². The van der Waals surface area contributed by atoms with Crippen molar-refractivity contribution in [3.8, 4) is 23.0 Å². The van der Waals surface area contributed by atoms with Crippen molar-refractivity contribution in [1.82, 2.24) is 45.2 Å². The molecule has 0 spiro atoms. The van der Waals surface area contributed by atoms with Gasteiger partial charge in [0.25, 0.3) is 23.6 Å². The molecule has 24 nitrogen and oxygen atoms in total. The van der Waals surface area contributed by atoms with Crippen LogP contribution in [0.4, 0.5) is 14.5 Å². The number of hydrogen-bond donors (Lipinski definition) is 5. The van der Waals surface area contributed by atoms with Crippen LogP contribution in [0.5, 0.6) is 23.0 Å². The van der Waals surface area contributed by atoms with Crippen molar-refractivity contribution in [2.24, 2.45) is 0 Å². The fourth-order valence-electron chi connectivity index (χ4n) is 14.9. The van der Waals surface area contributed by atoms with Gasteiger partial charge in [-0.15, -0.1) is 0 Å². The molecule has 6 N–H and O–H groups in total. The maximum atomic E-state index is 13.4. The molecule has 27 heteroatoms. The van der Waals surface area contributed by atoms with Gasteiger partial charge >= 0.3 is 0 Å². The van der Waals surface area contributed by atoms with Gasteiger partial charge in [0.2, 0.25) is 33.7 Å². The molecule has 4 fully saturated rings. The summed E-state index contributed by atoms with van der Waals surface area (Å²) in [5.74, 6) is -0.859. The van der Waals surface area contributed by atoms with Crippen molar-refractivity contribution in [2.45, 2.75) is 146 Å². The zero-order valence-electron chi connectivity index (χ0n) is 63.9. The van der Waals surface area contributed by atoms with Crippen LogP contribution in [0.2, 0.25) is 0 Å². The summed E-state index contributed by atoms with van der Waals surface area (Å²) in [5, 5.41) is 10.9. The Balaban J connectivity index is 0.000000134. The lowest BCUT2D eigenvalue weighted by atomic mass is 10.0. The number of nitrogens with zero attached hydrogens (tertiary/aromatic N) is 5. The molecule has 0 aromatic heterocycles. The van der Waals surface area contributed by atoms with Crippen molar-refractivity contribution in [1.29, 1.82) is 0 Å². The first kappa shape index (κ1) is 80.3. The summed E-state index contributed by atoms with van der Waals surface area (Å²) in [5.41, 5.74) is 19.2. The summed E-state index contributed by atoms with van der Waals surface area (Å²) < 4.78 is 75.8. The van der Waals surface area contributed by atoms with E-state index < -0.39 is 45.8 Å². The second kappa shape index (κ2) is 34.7. The lowest BCUT2D eigenvalue weighted by Gasteiger charge is -2.31. The van der Waals surface area contributed by atoms with E-state index in [0.29, 0.717) is 169 Å². The number of nitrogens with two attached hydrogens (primary N) is 1. The fraction of sp³-hybridized carbons (Fsp3) is 0.273. The number of carbonyl (C=O) groups excluding carboxylic acids is 8. The quantitative estimate of drug-likeness (QED) is 0.0470. The molecule has 0 bridgehead atoms. The number of fused-ring (bicyclic) bond motifs is 4. The van der Waals surface area contributed by atoms with Gasteiger partial charge in [-0.2, -0.15) is 0 Å². The average Bonchev–Trinajstić information content (AvgIpc) is 1.64. The number of nitrogens with one attached hydrogen (secondary N) is 4. The molecule has 8 aliphatic rings. The molecule has 4 saturated heterocycles. The second-order valence-electron chi connectivity index (χ2n) is 29.2. The van der Waals surface area contributed by atoms with Crippen LogP contribution in [0.15, 0.2) is 218 Å². The molecule has 16 rings (SSSR count). The van der Waals surface area contributed by atoms with Crippen LogP contribution in [0.25, 0.3) is 0 Å². The smallest absolute Gasteiger partial charge is 0.255 e. The third-order valence-corrected chi connectivity index (χ3v) is 23.1. The van der Waals surface area contributed by atoms with Crippen molar-refractivity contribution in [2.75, 3.05) is 19.8 Å². The van der Waals surface area contributed by atoms with Gasteiger partial charge in [0.1, 0.15) is 73.6 Å². The van der Waals surface area contributed by atoms with E-state index in [1.165, 1.54) is 30.6 Å². The second-order valence-corrected chi connectivity index (χ2v) is 31.4. The third-order valence-electron chi connectivity index (χ3n) is 21.3. The highest BCUT2D eigenvalue weighted by molar-refractivity contribution is 7.89. The van der Waals surface area contributed by atoms with E-state index in [4.69, 9.17) is 24.7 Å². The number of benzene rings is 8. The molecule has 115 heavy (non-hydrogen) atoms. The van der Waals surface area contributed by atoms with Crippen LogP contribution in [-0.4, -0.2) is 118 Å². The van der Waals surface area contributed by atoms with Gasteiger partial charge in [-0.25, -0.2) is 21.5 Å². The summed E-state index contributed by atoms with van der Waals surface area (Å²) in [6.45, 7) is 19.6. The lowest BCUT2D eigenvalue weighted by molar-refractivity contribution is -0.127. The number of nitrogen functional groups attached to an aromatic ring is 1. The van der Waals surface area contributed by atoms with Crippen molar-refractivity contribution in [3.63, 3.8) is 0 Å². The van der Waals surface area contributed by atoms with Crippen molar-refractivity contribution >= 4 is 63.0 Å². The Morgan fingerprint density at radius 2 is 0.696 bits per heavy atom. The Labute approximate surface area is 665 Å². The molecule has 8 amide bonds. The summed E-state index contributed by atoms with van der Waals surface area (Å²) in [4.78, 5) is 107. The highest BCUT2D eigenvalue weighted by Crippen LogP contribution is 2.40. The summed E-state index contributed by atoms with van der Waals surface area (Å²) in [6.07, 6.45) is 5.89. The van der Waals surface area contributed by atoms with Crippen LogP contribution in [-0.2, 0) is 88.2 Å². The van der Waals surface area contributed by atoms with Gasteiger partial charge in [-0.1, -0.05) is 112 Å². The number of piperidine rings is 4. The minimum Gasteiger partial charge on any atom is -0.489 e. The zero-order chi connectivity index (χ0) is 81.5. The zero-order valence-corrected chi connectivity index (χ0v) is 64.8. The number of halogens is 2. The van der Waals surface area contributed by atoms with Crippen molar-refractivity contribution in [3.05, 3.63) is 297 Å². The molecule has 8 aliphatic heterocycles. The van der Waals surface area contributed by atoms with E-state index in [1.807, 2.05) is 42.5 Å². The minimum absolute atomic E-state index is 0.0333. The van der Waals surface area contributed by atoms with Gasteiger partial charge in [0.05, 0.1) is 31.1 Å². The lowest BCUT2D eigenvalue weighted by Crippen LogP contribution is -2.49. The number of rotatable bonds is 19. The van der Waals surface area contributed by atoms with Gasteiger partial charge in [0.15, 0.2) is 11.6 Å². The van der Waals surface area contributed by atoms with E-state index in [0.717, 1.165) is 56.2 Å². The topological polar surface area (TPSA) is 298 Å². The third kappa shape index (κ3) is 17.9. The Morgan fingerprint density at radius 1 is 0.400 bits per heavy atom. The molecule has 8 aromatic carbocycles. The molecule has 594 valence electrons. The van der Waals surface area contributed by atoms with E-state index >= 15 is 0 Å². The first-order valence-corrected chi connectivity index (χ1v) is 39.2. The van der Waals surface area contributed by atoms with Gasteiger partial charge < -0.3 is 65.5 Å². The molecule has 8 aromatic rings. The number of carbonyl (C=O) groups is 8. The number of amides is 8. The predicted octanol–water partition coefficient (Wildman–Crippen LogP) is 11.7. The first-order valence-electron chi connectivity index (χ1n) is 37.8. The highest BCUT2D eigenvalue weighted by Gasteiger charge is 2.44. The number of allylic oxidation sites excluding steroid dienone is 4. The molecule has 0 aliphatic carbocycles. The monoisotopic (exact) mass is 1580 g/mol. The molecule has 0 radical (unpaired) electrons. The Kier molecular flexibility index (Phi) is 24.2. The van der Waals surface area contributed by atoms with Crippen LogP contribution in [0.3, 0.4) is 0 Å². The summed E-state index contributed by atoms with van der Waals surface area (Å²) in [6, 6.07) is 45.3.